The quantitative estimate of drug-likeness (QED) is 0.474. The minimum Gasteiger partial charge on any atom is -0.469 e. The summed E-state index contributed by atoms with van der Waals surface area (Å²) in [6.45, 7) is 0.591. The van der Waals surface area contributed by atoms with E-state index in [0.29, 0.717) is 12.4 Å². The molecule has 0 saturated carbocycles. The molecule has 3 rings (SSSR count). The van der Waals surface area contributed by atoms with Crippen LogP contribution in [0.5, 0.6) is 11.9 Å². The molecule has 0 spiro atoms. The molecule has 1 aliphatic heterocycles. The van der Waals surface area contributed by atoms with Crippen LogP contribution in [0.1, 0.15) is 0 Å². The Labute approximate surface area is 117 Å². The molecule has 20 heavy (non-hydrogen) atoms. The maximum absolute atomic E-state index is 10.6. The number of imidazole rings is 1. The minimum atomic E-state index is -0.575. The molecule has 0 N–H and O–H groups in total. The van der Waals surface area contributed by atoms with E-state index in [-0.39, 0.29) is 29.8 Å². The zero-order chi connectivity index (χ0) is 14.1. The summed E-state index contributed by atoms with van der Waals surface area (Å²) < 4.78 is 12.4. The summed E-state index contributed by atoms with van der Waals surface area (Å²) >= 11 is 5.66. The van der Waals surface area contributed by atoms with Crippen molar-refractivity contribution in [2.75, 3.05) is 6.61 Å². The minimum absolute atomic E-state index is 0.0817. The van der Waals surface area contributed by atoms with Crippen LogP contribution < -0.4 is 9.47 Å². The highest BCUT2D eigenvalue weighted by Crippen LogP contribution is 2.23. The number of nitrogens with zero attached hydrogens (tertiary/aromatic N) is 5. The largest absolute Gasteiger partial charge is 0.469 e. The summed E-state index contributed by atoms with van der Waals surface area (Å²) in [6, 6.07) is 1.77. The van der Waals surface area contributed by atoms with Gasteiger partial charge >= 0.3 is 11.8 Å². The number of aromatic nitrogens is 4. The third kappa shape index (κ3) is 2.48. The molecule has 0 unspecified atom stereocenters. The fourth-order valence-corrected chi connectivity index (χ4v) is 1.93. The van der Waals surface area contributed by atoms with Gasteiger partial charge in [0.15, 0.2) is 6.10 Å². The molecule has 0 saturated heterocycles. The predicted octanol–water partition coefficient (Wildman–Crippen LogP) is 1.07. The molecule has 9 nitrogen and oxygen atoms in total. The molecule has 0 bridgehead atoms. The summed E-state index contributed by atoms with van der Waals surface area (Å²) in [7, 11) is 0. The van der Waals surface area contributed by atoms with E-state index in [0.717, 1.165) is 0 Å². The summed E-state index contributed by atoms with van der Waals surface area (Å²) in [5.41, 5.74) is 0. The van der Waals surface area contributed by atoms with Crippen molar-refractivity contribution in [3.63, 3.8) is 0 Å². The zero-order valence-corrected chi connectivity index (χ0v) is 10.7. The first-order valence-corrected chi connectivity index (χ1v) is 5.99. The predicted molar refractivity (Wildman–Crippen MR) is 65.8 cm³/mol. The van der Waals surface area contributed by atoms with Gasteiger partial charge < -0.3 is 19.6 Å². The summed E-state index contributed by atoms with van der Waals surface area (Å²) in [5, 5.41) is 10.7. The normalized spacial score (nSPS) is 17.1. The Morgan fingerprint density at radius 3 is 3.15 bits per heavy atom. The molecular weight excluding hydrogens is 290 g/mol. The highest BCUT2D eigenvalue weighted by Gasteiger charge is 2.29. The smallest absolute Gasteiger partial charge is 0.414 e. The SMILES string of the molecule is O=[N+]([O-])c1cn2c(n1)OC[C@@H](Oc1ccnc(Cl)n1)C2. The molecular formula is C10H8ClN5O4. The Kier molecular flexibility index (Phi) is 3.11. The van der Waals surface area contributed by atoms with Gasteiger partial charge in [-0.15, -0.1) is 0 Å². The van der Waals surface area contributed by atoms with Crippen molar-refractivity contribution in [2.45, 2.75) is 12.6 Å². The lowest BCUT2D eigenvalue weighted by Gasteiger charge is -2.22. The molecule has 0 aliphatic carbocycles. The van der Waals surface area contributed by atoms with E-state index in [9.17, 15) is 10.1 Å². The summed E-state index contributed by atoms with van der Waals surface area (Å²) in [5.74, 6) is 0.0578. The Hall–Kier alpha value is -2.42. The molecule has 10 heteroatoms. The van der Waals surface area contributed by atoms with Crippen LogP contribution in [0.15, 0.2) is 18.5 Å². The van der Waals surface area contributed by atoms with Crippen LogP contribution in [0.3, 0.4) is 0 Å². The molecule has 0 aromatic carbocycles. The van der Waals surface area contributed by atoms with Crippen LogP contribution in [-0.2, 0) is 6.54 Å². The fourth-order valence-electron chi connectivity index (χ4n) is 1.79. The second-order valence-corrected chi connectivity index (χ2v) is 4.34. The second kappa shape index (κ2) is 4.93. The number of rotatable bonds is 3. The van der Waals surface area contributed by atoms with Gasteiger partial charge in [0, 0.05) is 17.2 Å². The third-order valence-corrected chi connectivity index (χ3v) is 2.78. The van der Waals surface area contributed by atoms with Crippen molar-refractivity contribution in [3.05, 3.63) is 33.9 Å². The molecule has 1 atom stereocenters. The van der Waals surface area contributed by atoms with Gasteiger partial charge in [0.1, 0.15) is 12.8 Å². The van der Waals surface area contributed by atoms with Gasteiger partial charge in [0.05, 0.1) is 6.54 Å². The van der Waals surface area contributed by atoms with Crippen LogP contribution in [0.25, 0.3) is 0 Å². The van der Waals surface area contributed by atoms with E-state index in [1.807, 2.05) is 0 Å². The average Bonchev–Trinajstić information content (AvgIpc) is 2.82. The standard InChI is InChI=1S/C10H8ClN5O4/c11-9-12-2-1-8(14-9)20-6-3-15-4-7(16(17)18)13-10(15)19-5-6/h1-2,4,6H,3,5H2/t6-/m0/s1. The van der Waals surface area contributed by atoms with Gasteiger partial charge in [-0.25, -0.2) is 4.98 Å². The maximum atomic E-state index is 10.6. The lowest BCUT2D eigenvalue weighted by molar-refractivity contribution is -0.389. The molecule has 2 aromatic rings. The van der Waals surface area contributed by atoms with Gasteiger partial charge in [0.2, 0.25) is 11.2 Å². The Balaban J connectivity index is 1.73. The Morgan fingerprint density at radius 2 is 2.40 bits per heavy atom. The maximum Gasteiger partial charge on any atom is 0.414 e. The van der Waals surface area contributed by atoms with E-state index in [1.165, 1.54) is 17.0 Å². The van der Waals surface area contributed by atoms with Gasteiger partial charge in [-0.3, -0.25) is 4.57 Å². The molecule has 0 fully saturated rings. The molecule has 0 amide bonds. The lowest BCUT2D eigenvalue weighted by Crippen LogP contribution is -2.34. The van der Waals surface area contributed by atoms with E-state index < -0.39 is 4.92 Å². The first-order valence-electron chi connectivity index (χ1n) is 5.61. The van der Waals surface area contributed by atoms with Gasteiger partial charge in [-0.1, -0.05) is 0 Å². The van der Waals surface area contributed by atoms with Crippen LogP contribution in [0.2, 0.25) is 5.28 Å². The first kappa shape index (κ1) is 12.6. The second-order valence-electron chi connectivity index (χ2n) is 4.01. The van der Waals surface area contributed by atoms with Crippen LogP contribution >= 0.6 is 11.6 Å². The van der Waals surface area contributed by atoms with E-state index >= 15 is 0 Å². The van der Waals surface area contributed by atoms with Crippen molar-refractivity contribution in [2.24, 2.45) is 0 Å². The number of fused-ring (bicyclic) bond motifs is 1. The third-order valence-electron chi connectivity index (χ3n) is 2.60. The molecule has 1 aliphatic rings. The summed E-state index contributed by atoms with van der Waals surface area (Å²) in [4.78, 5) is 21.5. The molecule has 0 radical (unpaired) electrons. The first-order chi connectivity index (χ1) is 9.61. The van der Waals surface area contributed by atoms with Gasteiger partial charge in [-0.05, 0) is 16.5 Å². The number of hydrogen-bond donors (Lipinski definition) is 0. The van der Waals surface area contributed by atoms with Crippen LogP contribution in [0.4, 0.5) is 5.82 Å². The topological polar surface area (TPSA) is 105 Å². The summed E-state index contributed by atoms with van der Waals surface area (Å²) in [6.07, 6.45) is 2.43. The monoisotopic (exact) mass is 297 g/mol. The van der Waals surface area contributed by atoms with E-state index in [4.69, 9.17) is 21.1 Å². The highest BCUT2D eigenvalue weighted by molar-refractivity contribution is 6.28. The van der Waals surface area contributed by atoms with Crippen molar-refractivity contribution < 1.29 is 14.4 Å². The molecule has 104 valence electrons. The van der Waals surface area contributed by atoms with Gasteiger partial charge in [0.25, 0.3) is 0 Å². The van der Waals surface area contributed by atoms with Crippen molar-refractivity contribution in [3.8, 4) is 11.9 Å². The van der Waals surface area contributed by atoms with Crippen molar-refractivity contribution in [1.82, 2.24) is 19.5 Å². The highest BCUT2D eigenvalue weighted by atomic mass is 35.5. The fraction of sp³-hybridized carbons (Fsp3) is 0.300. The number of ether oxygens (including phenoxy) is 2. The van der Waals surface area contributed by atoms with Gasteiger partial charge in [-0.2, -0.15) is 4.98 Å². The average molecular weight is 298 g/mol. The Bertz CT molecular complexity index is 661. The van der Waals surface area contributed by atoms with Crippen LogP contribution in [0, 0.1) is 10.1 Å². The number of halogens is 1. The van der Waals surface area contributed by atoms with Crippen LogP contribution in [-0.4, -0.2) is 37.2 Å². The van der Waals surface area contributed by atoms with E-state index in [2.05, 4.69) is 15.0 Å². The lowest BCUT2D eigenvalue weighted by atomic mass is 10.3. The van der Waals surface area contributed by atoms with Crippen molar-refractivity contribution in [1.29, 1.82) is 0 Å². The zero-order valence-electron chi connectivity index (χ0n) is 9.97. The Morgan fingerprint density at radius 1 is 1.55 bits per heavy atom. The number of hydrogen-bond acceptors (Lipinski definition) is 7. The molecule has 2 aromatic heterocycles. The number of nitro groups is 1. The van der Waals surface area contributed by atoms with E-state index in [1.54, 1.807) is 6.07 Å². The van der Waals surface area contributed by atoms with Crippen molar-refractivity contribution >= 4 is 17.4 Å². The molecule has 3 heterocycles.